The molecule has 0 bridgehead atoms. The fourth-order valence-corrected chi connectivity index (χ4v) is 2.43. The van der Waals surface area contributed by atoms with Crippen LogP contribution in [0.5, 0.6) is 5.75 Å². The molecule has 1 fully saturated rings. The minimum atomic E-state index is 0.148. The summed E-state index contributed by atoms with van der Waals surface area (Å²) in [5.41, 5.74) is 19.4. The maximum atomic E-state index is 9.83. The van der Waals surface area contributed by atoms with Crippen LogP contribution in [0.3, 0.4) is 0 Å². The van der Waals surface area contributed by atoms with Gasteiger partial charge in [-0.25, -0.2) is 0 Å². The van der Waals surface area contributed by atoms with Crippen molar-refractivity contribution in [2.24, 2.45) is 17.2 Å². The van der Waals surface area contributed by atoms with E-state index in [0.717, 1.165) is 31.6 Å². The Bertz CT molecular complexity index is 526. The minimum absolute atomic E-state index is 0.148. The van der Waals surface area contributed by atoms with Crippen LogP contribution < -0.4 is 17.2 Å². The van der Waals surface area contributed by atoms with Gasteiger partial charge in [0.2, 0.25) is 0 Å². The number of phenolic OH excluding ortho intramolecular Hbond substituents is 1. The topological polar surface area (TPSA) is 102 Å². The number of hydrogen-bond donors (Lipinski definition) is 4. The number of hydrogen-bond acceptors (Lipinski definition) is 5. The summed E-state index contributed by atoms with van der Waals surface area (Å²) in [4.78, 5) is 2.14. The van der Waals surface area contributed by atoms with Gasteiger partial charge in [-0.05, 0) is 37.5 Å². The highest BCUT2D eigenvalue weighted by molar-refractivity contribution is 5.69. The van der Waals surface area contributed by atoms with Crippen LogP contribution in [0.2, 0.25) is 0 Å². The Balaban J connectivity index is 2.30. The zero-order chi connectivity index (χ0) is 14.5. The van der Waals surface area contributed by atoms with Crippen molar-refractivity contribution in [3.63, 3.8) is 0 Å². The van der Waals surface area contributed by atoms with Crippen molar-refractivity contribution < 1.29 is 5.11 Å². The fourth-order valence-electron chi connectivity index (χ4n) is 2.43. The smallest absolute Gasteiger partial charge is 0.124 e. The molecule has 0 atom stereocenters. The summed E-state index contributed by atoms with van der Waals surface area (Å²) < 4.78 is 0. The van der Waals surface area contributed by atoms with Gasteiger partial charge in [-0.1, -0.05) is 12.1 Å². The number of benzene rings is 1. The van der Waals surface area contributed by atoms with Crippen molar-refractivity contribution in [1.82, 2.24) is 4.90 Å². The van der Waals surface area contributed by atoms with Crippen molar-refractivity contribution in [2.45, 2.75) is 19.3 Å². The van der Waals surface area contributed by atoms with Crippen LogP contribution in [-0.4, -0.2) is 23.1 Å². The molecule has 0 saturated carbocycles. The van der Waals surface area contributed by atoms with E-state index < -0.39 is 0 Å². The van der Waals surface area contributed by atoms with E-state index in [2.05, 4.69) is 4.90 Å². The zero-order valence-electron chi connectivity index (χ0n) is 11.5. The van der Waals surface area contributed by atoms with Crippen LogP contribution >= 0.6 is 0 Å². The number of allylic oxidation sites excluding steroid dienone is 1. The molecule has 1 aromatic carbocycles. The van der Waals surface area contributed by atoms with Gasteiger partial charge in [0.05, 0.1) is 5.70 Å². The Morgan fingerprint density at radius 3 is 2.30 bits per heavy atom. The van der Waals surface area contributed by atoms with Gasteiger partial charge in [0.15, 0.2) is 0 Å². The highest BCUT2D eigenvalue weighted by Crippen LogP contribution is 2.24. The van der Waals surface area contributed by atoms with Crippen molar-refractivity contribution in [3.05, 3.63) is 47.4 Å². The third-order valence-corrected chi connectivity index (χ3v) is 3.50. The summed E-state index contributed by atoms with van der Waals surface area (Å²) in [5.74, 6) is 0.403. The minimum Gasteiger partial charge on any atom is -0.507 e. The van der Waals surface area contributed by atoms with Crippen LogP contribution in [-0.2, 0) is 0 Å². The van der Waals surface area contributed by atoms with E-state index in [1.165, 1.54) is 6.42 Å². The van der Waals surface area contributed by atoms with E-state index in [4.69, 9.17) is 17.2 Å². The molecule has 1 saturated heterocycles. The standard InChI is InChI=1S/C15H22N4O/c16-12(11-6-2-3-7-14(11)20)10-13(15(17)18)19-8-4-1-5-9-19/h2-3,6-7,10,20H,1,4-5,8-9,16-18H2/b12-10-. The SMILES string of the molecule is NC(N)=C(/C=C(\N)c1ccccc1O)N1CCCCC1. The average Bonchev–Trinajstić information content (AvgIpc) is 2.45. The Labute approximate surface area is 119 Å². The second kappa shape index (κ2) is 6.23. The van der Waals surface area contributed by atoms with Gasteiger partial charge >= 0.3 is 0 Å². The first-order chi connectivity index (χ1) is 9.59. The molecule has 2 rings (SSSR count). The molecule has 0 spiro atoms. The second-order valence-electron chi connectivity index (χ2n) is 5.01. The van der Waals surface area contributed by atoms with Crippen molar-refractivity contribution in [1.29, 1.82) is 0 Å². The Hall–Kier alpha value is -2.30. The van der Waals surface area contributed by atoms with Crippen LogP contribution in [0, 0.1) is 0 Å². The Kier molecular flexibility index (Phi) is 4.40. The number of likely N-dealkylation sites (tertiary alicyclic amines) is 1. The van der Waals surface area contributed by atoms with E-state index >= 15 is 0 Å². The molecule has 0 aliphatic carbocycles. The van der Waals surface area contributed by atoms with Gasteiger partial charge in [-0.2, -0.15) is 0 Å². The lowest BCUT2D eigenvalue weighted by Crippen LogP contribution is -2.32. The first-order valence-corrected chi connectivity index (χ1v) is 6.85. The molecule has 1 aliphatic heterocycles. The summed E-state index contributed by atoms with van der Waals surface area (Å²) >= 11 is 0. The summed E-state index contributed by atoms with van der Waals surface area (Å²) in [6, 6.07) is 6.95. The molecule has 0 aromatic heterocycles. The molecule has 5 heteroatoms. The quantitative estimate of drug-likeness (QED) is 0.622. The summed E-state index contributed by atoms with van der Waals surface area (Å²) in [5, 5.41) is 9.83. The van der Waals surface area contributed by atoms with E-state index in [1.807, 2.05) is 6.07 Å². The second-order valence-corrected chi connectivity index (χ2v) is 5.01. The van der Waals surface area contributed by atoms with Crippen molar-refractivity contribution >= 4 is 5.70 Å². The number of nitrogens with zero attached hydrogens (tertiary/aromatic N) is 1. The molecule has 5 nitrogen and oxygen atoms in total. The van der Waals surface area contributed by atoms with E-state index in [9.17, 15) is 5.11 Å². The maximum absolute atomic E-state index is 9.83. The number of nitrogens with two attached hydrogens (primary N) is 3. The summed E-state index contributed by atoms with van der Waals surface area (Å²) in [6.45, 7) is 1.86. The molecule has 108 valence electrons. The zero-order valence-corrected chi connectivity index (χ0v) is 11.5. The first-order valence-electron chi connectivity index (χ1n) is 6.85. The van der Waals surface area contributed by atoms with Gasteiger partial charge in [0, 0.05) is 24.4 Å². The van der Waals surface area contributed by atoms with Crippen molar-refractivity contribution in [3.8, 4) is 5.75 Å². The number of piperidine rings is 1. The number of rotatable bonds is 3. The van der Waals surface area contributed by atoms with E-state index in [0.29, 0.717) is 11.3 Å². The predicted molar refractivity (Wildman–Crippen MR) is 81.1 cm³/mol. The molecule has 0 unspecified atom stereocenters. The van der Waals surface area contributed by atoms with Gasteiger partial charge in [-0.15, -0.1) is 0 Å². The first kappa shape index (κ1) is 14.1. The molecule has 20 heavy (non-hydrogen) atoms. The van der Waals surface area contributed by atoms with Crippen LogP contribution in [0.15, 0.2) is 41.9 Å². The van der Waals surface area contributed by atoms with E-state index in [-0.39, 0.29) is 11.6 Å². The van der Waals surface area contributed by atoms with Gasteiger partial charge in [-0.3, -0.25) is 0 Å². The lowest BCUT2D eigenvalue weighted by Gasteiger charge is -2.30. The highest BCUT2D eigenvalue weighted by atomic mass is 16.3. The van der Waals surface area contributed by atoms with Crippen molar-refractivity contribution in [2.75, 3.05) is 13.1 Å². The number of phenols is 1. The van der Waals surface area contributed by atoms with Crippen LogP contribution in [0.4, 0.5) is 0 Å². The van der Waals surface area contributed by atoms with Gasteiger partial charge in [0.1, 0.15) is 11.6 Å². The third kappa shape index (κ3) is 3.17. The Morgan fingerprint density at radius 1 is 1.05 bits per heavy atom. The average molecular weight is 274 g/mol. The summed E-state index contributed by atoms with van der Waals surface area (Å²) in [6.07, 6.45) is 5.23. The maximum Gasteiger partial charge on any atom is 0.124 e. The number of aromatic hydroxyl groups is 1. The van der Waals surface area contributed by atoms with Gasteiger partial charge < -0.3 is 27.2 Å². The monoisotopic (exact) mass is 274 g/mol. The molecule has 0 radical (unpaired) electrons. The molecule has 7 N–H and O–H groups in total. The fraction of sp³-hybridized carbons (Fsp3) is 0.333. The molecule has 0 amide bonds. The molecule has 1 aliphatic rings. The van der Waals surface area contributed by atoms with Gasteiger partial charge in [0.25, 0.3) is 0 Å². The van der Waals surface area contributed by atoms with Crippen LogP contribution in [0.1, 0.15) is 24.8 Å². The molecule has 1 aromatic rings. The predicted octanol–water partition coefficient (Wildman–Crippen LogP) is 1.26. The highest BCUT2D eigenvalue weighted by Gasteiger charge is 2.15. The molecule has 1 heterocycles. The summed E-state index contributed by atoms with van der Waals surface area (Å²) in [7, 11) is 0. The lowest BCUT2D eigenvalue weighted by molar-refractivity contribution is 0.290. The molecular formula is C15H22N4O. The molecular weight excluding hydrogens is 252 g/mol. The largest absolute Gasteiger partial charge is 0.507 e. The lowest BCUT2D eigenvalue weighted by atomic mass is 10.1. The normalized spacial score (nSPS) is 16.0. The van der Waals surface area contributed by atoms with Crippen LogP contribution in [0.25, 0.3) is 5.70 Å². The number of para-hydroxylation sites is 1. The Morgan fingerprint density at radius 2 is 1.70 bits per heavy atom. The third-order valence-electron chi connectivity index (χ3n) is 3.50. The van der Waals surface area contributed by atoms with E-state index in [1.54, 1.807) is 24.3 Å².